The minimum absolute atomic E-state index is 0.750. The fourth-order valence-electron chi connectivity index (χ4n) is 0. The van der Waals surface area contributed by atoms with Crippen LogP contribution in [0.2, 0.25) is 0 Å². The highest BCUT2D eigenvalue weighted by Gasteiger charge is 1.94. The van der Waals surface area contributed by atoms with Crippen LogP contribution in [0.4, 0.5) is 0 Å². The number of rotatable bonds is 0. The van der Waals surface area contributed by atoms with Crippen LogP contribution in [0.5, 0.6) is 0 Å². The van der Waals surface area contributed by atoms with Gasteiger partial charge in [-0.2, -0.15) is 5.26 Å². The van der Waals surface area contributed by atoms with Crippen LogP contribution >= 0.6 is 0 Å². The zero-order chi connectivity index (χ0) is 4.83. The molecule has 6 heavy (non-hydrogen) atoms. The smallest absolute Gasteiger partial charge is 0.283 e. The molecule has 1 saturated heterocycles. The van der Waals surface area contributed by atoms with Gasteiger partial charge in [0, 0.05) is 0 Å². The van der Waals surface area contributed by atoms with E-state index in [0.717, 1.165) is 19.5 Å². The Morgan fingerprint density at radius 2 is 1.83 bits per heavy atom. The Balaban J connectivity index is 0.0000000833. The lowest BCUT2D eigenvalue weighted by Gasteiger charge is -1.25. The first-order valence-corrected chi connectivity index (χ1v) is 1.52. The van der Waals surface area contributed by atoms with E-state index in [1.807, 2.05) is 0 Å². The quantitative estimate of drug-likeness (QED) is 0.330. The summed E-state index contributed by atoms with van der Waals surface area (Å²) in [5, 5.41) is 13.8. The first-order valence-electron chi connectivity index (χ1n) is 1.52. The number of ether oxygens (including phenoxy) is 1. The van der Waals surface area contributed by atoms with Crippen LogP contribution in [-0.2, 0) is 4.74 Å². The van der Waals surface area contributed by atoms with Crippen molar-refractivity contribution in [2.24, 2.45) is 0 Å². The molecule has 1 rings (SSSR count). The first-order chi connectivity index (χ1) is 2.91. The highest BCUT2D eigenvalue weighted by Crippen LogP contribution is 1.84. The van der Waals surface area contributed by atoms with Gasteiger partial charge in [0.25, 0.3) is 6.26 Å². The highest BCUT2D eigenvalue weighted by molar-refractivity contribution is 4.36. The summed E-state index contributed by atoms with van der Waals surface area (Å²) >= 11 is 0. The highest BCUT2D eigenvalue weighted by atomic mass is 16.6. The molecule has 1 heterocycles. The third-order valence-electron chi connectivity index (χ3n) is 0.204. The monoisotopic (exact) mass is 87.0 g/mol. The molecule has 0 aromatic heterocycles. The number of nitriles is 1. The van der Waals surface area contributed by atoms with Crippen LogP contribution < -0.4 is 0 Å². The molecule has 0 aromatic rings. The Morgan fingerprint density at radius 3 is 1.83 bits per heavy atom. The Kier molecular flexibility index (Phi) is 3.72. The van der Waals surface area contributed by atoms with Crippen molar-refractivity contribution in [3.05, 3.63) is 0 Å². The van der Waals surface area contributed by atoms with Crippen molar-refractivity contribution < 1.29 is 9.84 Å². The third-order valence-corrected chi connectivity index (χ3v) is 0.204. The van der Waals surface area contributed by atoms with Crippen molar-refractivity contribution in [2.45, 2.75) is 0 Å². The standard InChI is InChI=1S/C2H4O.CHNO/c1-2-3-1;2-1-3/h1-2H2;3H. The SMILES string of the molecule is C1CO1.N#CO. The Hall–Kier alpha value is -0.750. The van der Waals surface area contributed by atoms with Crippen molar-refractivity contribution in [1.29, 1.82) is 5.26 Å². The summed E-state index contributed by atoms with van der Waals surface area (Å²) in [4.78, 5) is 0. The van der Waals surface area contributed by atoms with E-state index in [-0.39, 0.29) is 0 Å². The van der Waals surface area contributed by atoms with Gasteiger partial charge < -0.3 is 9.84 Å². The second kappa shape index (κ2) is 4.25. The van der Waals surface area contributed by atoms with Gasteiger partial charge in [-0.3, -0.25) is 0 Å². The lowest BCUT2D eigenvalue weighted by molar-refractivity contribution is 0.475. The summed E-state index contributed by atoms with van der Waals surface area (Å²) in [5.74, 6) is 0. The Bertz CT molecular complexity index is 51.5. The van der Waals surface area contributed by atoms with Gasteiger partial charge in [-0.05, 0) is 0 Å². The second-order valence-electron chi connectivity index (χ2n) is 0.712. The van der Waals surface area contributed by atoms with Crippen LogP contribution in [0.15, 0.2) is 0 Å². The summed E-state index contributed by atoms with van der Waals surface area (Å²) in [7, 11) is 0. The lowest BCUT2D eigenvalue weighted by Crippen LogP contribution is -1.27. The molecular formula is C3H5NO2. The van der Waals surface area contributed by atoms with Gasteiger partial charge in [-0.15, -0.1) is 0 Å². The summed E-state index contributed by atoms with van der Waals surface area (Å²) in [5.41, 5.74) is 0. The molecule has 0 radical (unpaired) electrons. The largest absolute Gasteiger partial charge is 0.443 e. The molecule has 0 bridgehead atoms. The van der Waals surface area contributed by atoms with Crippen molar-refractivity contribution in [1.82, 2.24) is 0 Å². The summed E-state index contributed by atoms with van der Waals surface area (Å²) < 4.78 is 4.50. The number of aliphatic hydroxyl groups excluding tert-OH is 1. The van der Waals surface area contributed by atoms with Gasteiger partial charge in [0.05, 0.1) is 13.2 Å². The molecule has 0 amide bonds. The van der Waals surface area contributed by atoms with Crippen LogP contribution in [0.3, 0.4) is 0 Å². The maximum Gasteiger partial charge on any atom is 0.283 e. The molecule has 0 atom stereocenters. The van der Waals surface area contributed by atoms with E-state index in [9.17, 15) is 0 Å². The predicted octanol–water partition coefficient (Wildman–Crippen LogP) is -0.143. The molecule has 0 aliphatic carbocycles. The number of hydrogen-bond acceptors (Lipinski definition) is 3. The topological polar surface area (TPSA) is 56.5 Å². The van der Waals surface area contributed by atoms with E-state index in [2.05, 4.69) is 4.74 Å². The van der Waals surface area contributed by atoms with Crippen molar-refractivity contribution >= 4 is 0 Å². The van der Waals surface area contributed by atoms with E-state index in [1.165, 1.54) is 0 Å². The molecule has 1 N–H and O–H groups in total. The number of hydrogen-bond donors (Lipinski definition) is 1. The van der Waals surface area contributed by atoms with Gasteiger partial charge in [-0.1, -0.05) is 0 Å². The van der Waals surface area contributed by atoms with Crippen molar-refractivity contribution in [3.8, 4) is 6.26 Å². The number of epoxide rings is 1. The van der Waals surface area contributed by atoms with E-state index >= 15 is 0 Å². The molecule has 1 aliphatic heterocycles. The average Bonchev–Trinajstić information content (AvgIpc) is 2.11. The molecule has 1 aliphatic rings. The van der Waals surface area contributed by atoms with E-state index < -0.39 is 0 Å². The predicted molar refractivity (Wildman–Crippen MR) is 18.4 cm³/mol. The average molecular weight is 87.1 g/mol. The fraction of sp³-hybridized carbons (Fsp3) is 0.667. The van der Waals surface area contributed by atoms with Crippen molar-refractivity contribution in [2.75, 3.05) is 13.2 Å². The summed E-state index contributed by atoms with van der Waals surface area (Å²) in [6, 6.07) is 0. The Morgan fingerprint density at radius 1 is 1.67 bits per heavy atom. The number of nitrogens with zero attached hydrogens (tertiary/aromatic N) is 1. The lowest BCUT2D eigenvalue weighted by atomic mass is 11.0. The normalized spacial score (nSPS) is 13.2. The molecular weight excluding hydrogens is 82.0 g/mol. The molecule has 1 fully saturated rings. The molecule has 3 nitrogen and oxygen atoms in total. The van der Waals surface area contributed by atoms with Crippen LogP contribution in [0, 0.1) is 11.5 Å². The summed E-state index contributed by atoms with van der Waals surface area (Å²) in [6.07, 6.45) is 0.750. The molecule has 3 heteroatoms. The van der Waals surface area contributed by atoms with Crippen molar-refractivity contribution in [3.63, 3.8) is 0 Å². The second-order valence-corrected chi connectivity index (χ2v) is 0.712. The maximum atomic E-state index is 6.88. The van der Waals surface area contributed by atoms with E-state index in [4.69, 9.17) is 10.4 Å². The zero-order valence-corrected chi connectivity index (χ0v) is 3.22. The molecule has 0 spiro atoms. The van der Waals surface area contributed by atoms with Crippen LogP contribution in [-0.4, -0.2) is 18.3 Å². The van der Waals surface area contributed by atoms with Gasteiger partial charge >= 0.3 is 0 Å². The van der Waals surface area contributed by atoms with Gasteiger partial charge in [0.15, 0.2) is 0 Å². The first kappa shape index (κ1) is 5.25. The summed E-state index contributed by atoms with van der Waals surface area (Å²) in [6.45, 7) is 2.00. The van der Waals surface area contributed by atoms with E-state index in [0.29, 0.717) is 0 Å². The minimum Gasteiger partial charge on any atom is -0.443 e. The molecule has 34 valence electrons. The number of aliphatic hydroxyl groups is 1. The van der Waals surface area contributed by atoms with Gasteiger partial charge in [0.2, 0.25) is 0 Å². The fourth-order valence-corrected chi connectivity index (χ4v) is 0. The minimum atomic E-state index is 0.750. The molecule has 0 aromatic carbocycles. The van der Waals surface area contributed by atoms with Crippen LogP contribution in [0.25, 0.3) is 0 Å². The molecule has 0 saturated carbocycles. The zero-order valence-electron chi connectivity index (χ0n) is 3.22. The third kappa shape index (κ3) is 263. The van der Waals surface area contributed by atoms with E-state index in [1.54, 1.807) is 0 Å². The molecule has 0 unspecified atom stereocenters. The Labute approximate surface area is 35.8 Å². The maximum absolute atomic E-state index is 6.88. The van der Waals surface area contributed by atoms with Gasteiger partial charge in [0.1, 0.15) is 0 Å². The van der Waals surface area contributed by atoms with Gasteiger partial charge in [-0.25, -0.2) is 0 Å². The van der Waals surface area contributed by atoms with Crippen LogP contribution in [0.1, 0.15) is 0 Å².